The largest absolute Gasteiger partial charge is 0.396 e. The second-order valence-corrected chi connectivity index (χ2v) is 3.71. The van der Waals surface area contributed by atoms with Crippen molar-refractivity contribution in [1.82, 2.24) is 5.32 Å². The van der Waals surface area contributed by atoms with Gasteiger partial charge in [0.1, 0.15) is 0 Å². The van der Waals surface area contributed by atoms with Gasteiger partial charge in [-0.05, 0) is 25.1 Å². The average Bonchev–Trinajstić information content (AvgIpc) is 2.10. The van der Waals surface area contributed by atoms with Crippen LogP contribution in [-0.4, -0.2) is 43.0 Å². The molecule has 0 radical (unpaired) electrons. The summed E-state index contributed by atoms with van der Waals surface area (Å²) in [6.45, 7) is 1.76. The molecule has 0 bridgehead atoms. The monoisotopic (exact) mass is 195 g/mol. The molecule has 0 spiro atoms. The van der Waals surface area contributed by atoms with E-state index < -0.39 is 0 Å². The summed E-state index contributed by atoms with van der Waals surface area (Å²) in [5.41, 5.74) is 0. The van der Waals surface area contributed by atoms with Crippen LogP contribution in [0.2, 0.25) is 0 Å². The fourth-order valence-electron chi connectivity index (χ4n) is 0.730. The van der Waals surface area contributed by atoms with Gasteiger partial charge < -0.3 is 10.4 Å². The van der Waals surface area contributed by atoms with E-state index in [0.717, 1.165) is 31.0 Å². The van der Waals surface area contributed by atoms with Crippen molar-refractivity contribution in [3.8, 4) is 0 Å². The standard InChI is InChI=1S/C8H18FNOS/c9-3-1-4-10-5-8-12-7-2-6-11/h10-11H,1-8H2. The third-order valence-electron chi connectivity index (χ3n) is 1.36. The molecule has 0 saturated carbocycles. The molecule has 2 N–H and O–H groups in total. The predicted octanol–water partition coefficient (Wildman–Crippen LogP) is 1.05. The molecular formula is C8H18FNOS. The number of hydrogen-bond donors (Lipinski definition) is 2. The number of nitrogens with one attached hydrogen (secondary N) is 1. The van der Waals surface area contributed by atoms with Gasteiger partial charge in [0.05, 0.1) is 6.67 Å². The molecule has 12 heavy (non-hydrogen) atoms. The number of alkyl halides is 1. The fraction of sp³-hybridized carbons (Fsp3) is 1.00. The highest BCUT2D eigenvalue weighted by Crippen LogP contribution is 1.99. The van der Waals surface area contributed by atoms with Gasteiger partial charge >= 0.3 is 0 Å². The summed E-state index contributed by atoms with van der Waals surface area (Å²) >= 11 is 1.82. The molecule has 0 aliphatic rings. The molecule has 74 valence electrons. The number of thioether (sulfide) groups is 1. The van der Waals surface area contributed by atoms with E-state index in [1.807, 2.05) is 11.8 Å². The minimum absolute atomic E-state index is 0.231. The molecule has 4 heteroatoms. The third-order valence-corrected chi connectivity index (χ3v) is 2.43. The zero-order chi connectivity index (χ0) is 9.07. The molecule has 0 aliphatic carbocycles. The van der Waals surface area contributed by atoms with Crippen LogP contribution >= 0.6 is 11.8 Å². The Kier molecular flexibility index (Phi) is 11.4. The quantitative estimate of drug-likeness (QED) is 0.539. The van der Waals surface area contributed by atoms with E-state index in [-0.39, 0.29) is 13.3 Å². The first-order chi connectivity index (χ1) is 5.91. The van der Waals surface area contributed by atoms with Crippen molar-refractivity contribution in [1.29, 1.82) is 0 Å². The lowest BCUT2D eigenvalue weighted by molar-refractivity contribution is 0.296. The number of hydrogen-bond acceptors (Lipinski definition) is 3. The predicted molar refractivity (Wildman–Crippen MR) is 52.5 cm³/mol. The highest BCUT2D eigenvalue weighted by Gasteiger charge is 1.89. The molecule has 0 fully saturated rings. The molecule has 0 rings (SSSR count). The van der Waals surface area contributed by atoms with Gasteiger partial charge in [-0.25, -0.2) is 0 Å². The minimum Gasteiger partial charge on any atom is -0.396 e. The zero-order valence-electron chi connectivity index (χ0n) is 7.39. The zero-order valence-corrected chi connectivity index (χ0v) is 8.21. The van der Waals surface area contributed by atoms with Crippen molar-refractivity contribution in [2.24, 2.45) is 0 Å². The topological polar surface area (TPSA) is 32.3 Å². The summed E-state index contributed by atoms with van der Waals surface area (Å²) in [5.74, 6) is 2.06. The Hall–Kier alpha value is 0.200. The first-order valence-electron chi connectivity index (χ1n) is 4.37. The van der Waals surface area contributed by atoms with Crippen LogP contribution in [-0.2, 0) is 0 Å². The lowest BCUT2D eigenvalue weighted by Crippen LogP contribution is -2.18. The van der Waals surface area contributed by atoms with Gasteiger partial charge in [0.2, 0.25) is 0 Å². The molecule has 2 nitrogen and oxygen atoms in total. The van der Waals surface area contributed by atoms with E-state index in [0.29, 0.717) is 6.42 Å². The summed E-state index contributed by atoms with van der Waals surface area (Å²) < 4.78 is 11.6. The van der Waals surface area contributed by atoms with Gasteiger partial charge in [0.25, 0.3) is 0 Å². The Morgan fingerprint density at radius 3 is 2.67 bits per heavy atom. The number of rotatable bonds is 9. The summed E-state index contributed by atoms with van der Waals surface area (Å²) in [6, 6.07) is 0. The Morgan fingerprint density at radius 1 is 1.17 bits per heavy atom. The van der Waals surface area contributed by atoms with Crippen molar-refractivity contribution < 1.29 is 9.50 Å². The van der Waals surface area contributed by atoms with E-state index in [9.17, 15) is 4.39 Å². The Morgan fingerprint density at radius 2 is 2.00 bits per heavy atom. The van der Waals surface area contributed by atoms with Crippen molar-refractivity contribution >= 4 is 11.8 Å². The number of halogens is 1. The Labute approximate surface area is 77.9 Å². The lowest BCUT2D eigenvalue weighted by Gasteiger charge is -2.02. The highest BCUT2D eigenvalue weighted by atomic mass is 32.2. The van der Waals surface area contributed by atoms with Crippen LogP contribution in [0, 0.1) is 0 Å². The number of aliphatic hydroxyl groups excluding tert-OH is 1. The average molecular weight is 195 g/mol. The van der Waals surface area contributed by atoms with Gasteiger partial charge in [0.15, 0.2) is 0 Å². The maximum atomic E-state index is 11.6. The minimum atomic E-state index is -0.231. The lowest BCUT2D eigenvalue weighted by atomic mass is 10.5. The molecule has 0 aromatic heterocycles. The summed E-state index contributed by atoms with van der Waals surface area (Å²) in [5, 5.41) is 11.6. The fourth-order valence-corrected chi connectivity index (χ4v) is 1.56. The molecular weight excluding hydrogens is 177 g/mol. The maximum Gasteiger partial charge on any atom is 0.0906 e. The molecule has 0 saturated heterocycles. The van der Waals surface area contributed by atoms with Gasteiger partial charge in [0, 0.05) is 18.9 Å². The van der Waals surface area contributed by atoms with Crippen LogP contribution in [0.4, 0.5) is 4.39 Å². The van der Waals surface area contributed by atoms with Gasteiger partial charge in [-0.3, -0.25) is 4.39 Å². The van der Waals surface area contributed by atoms with Crippen molar-refractivity contribution in [3.63, 3.8) is 0 Å². The third kappa shape index (κ3) is 10.2. The van der Waals surface area contributed by atoms with Crippen molar-refractivity contribution in [2.45, 2.75) is 12.8 Å². The van der Waals surface area contributed by atoms with E-state index in [1.54, 1.807) is 0 Å². The van der Waals surface area contributed by atoms with Crippen LogP contribution < -0.4 is 5.32 Å². The van der Waals surface area contributed by atoms with Crippen LogP contribution in [0.25, 0.3) is 0 Å². The molecule has 0 aromatic carbocycles. The summed E-state index contributed by atoms with van der Waals surface area (Å²) in [7, 11) is 0. The van der Waals surface area contributed by atoms with Crippen molar-refractivity contribution in [3.05, 3.63) is 0 Å². The number of aliphatic hydroxyl groups is 1. The van der Waals surface area contributed by atoms with Crippen LogP contribution in [0.15, 0.2) is 0 Å². The molecule has 0 amide bonds. The van der Waals surface area contributed by atoms with Crippen LogP contribution in [0.5, 0.6) is 0 Å². The first-order valence-corrected chi connectivity index (χ1v) is 5.52. The summed E-state index contributed by atoms with van der Waals surface area (Å²) in [4.78, 5) is 0. The van der Waals surface area contributed by atoms with Crippen LogP contribution in [0.3, 0.4) is 0 Å². The van der Waals surface area contributed by atoms with Crippen molar-refractivity contribution in [2.75, 3.05) is 37.9 Å². The second-order valence-electron chi connectivity index (χ2n) is 2.48. The van der Waals surface area contributed by atoms with E-state index in [1.165, 1.54) is 0 Å². The van der Waals surface area contributed by atoms with Gasteiger partial charge in [-0.2, -0.15) is 11.8 Å². The van der Waals surface area contributed by atoms with Gasteiger partial charge in [-0.1, -0.05) is 0 Å². The Balaban J connectivity index is 2.73. The SMILES string of the molecule is OCCCSCCNCCCF. The van der Waals surface area contributed by atoms with E-state index in [4.69, 9.17) is 5.11 Å². The maximum absolute atomic E-state index is 11.6. The molecule has 0 aliphatic heterocycles. The molecule has 0 aromatic rings. The summed E-state index contributed by atoms with van der Waals surface area (Å²) in [6.07, 6.45) is 1.48. The van der Waals surface area contributed by atoms with E-state index >= 15 is 0 Å². The first kappa shape index (κ1) is 12.2. The second kappa shape index (κ2) is 11.2. The molecule has 0 heterocycles. The highest BCUT2D eigenvalue weighted by molar-refractivity contribution is 7.99. The van der Waals surface area contributed by atoms with E-state index in [2.05, 4.69) is 5.32 Å². The normalized spacial score (nSPS) is 10.5. The van der Waals surface area contributed by atoms with Gasteiger partial charge in [-0.15, -0.1) is 0 Å². The Bertz CT molecular complexity index is 75.5. The molecule has 0 unspecified atom stereocenters. The smallest absolute Gasteiger partial charge is 0.0906 e. The van der Waals surface area contributed by atoms with Crippen LogP contribution in [0.1, 0.15) is 12.8 Å². The molecule has 0 atom stereocenters.